The largest absolute Gasteiger partial charge is 0.478 e. The Kier molecular flexibility index (Phi) is 6.68. The average molecular weight is 299 g/mol. The maximum absolute atomic E-state index is 12.2. The molecule has 1 amide bonds. The summed E-state index contributed by atoms with van der Waals surface area (Å²) in [5.41, 5.74) is -0.510. The van der Waals surface area contributed by atoms with Crippen molar-refractivity contribution in [2.24, 2.45) is 0 Å². The lowest BCUT2D eigenvalue weighted by Crippen LogP contribution is -2.48. The van der Waals surface area contributed by atoms with Crippen LogP contribution in [0.4, 0.5) is 4.79 Å². The molecular weight excluding hydrogens is 274 g/mol. The van der Waals surface area contributed by atoms with Gasteiger partial charge in [-0.15, -0.1) is 0 Å². The van der Waals surface area contributed by atoms with Gasteiger partial charge in [0.15, 0.2) is 0 Å². The van der Waals surface area contributed by atoms with E-state index in [1.807, 2.05) is 20.8 Å². The third kappa shape index (κ3) is 7.13. The molecule has 21 heavy (non-hydrogen) atoms. The second kappa shape index (κ2) is 8.02. The lowest BCUT2D eigenvalue weighted by molar-refractivity contribution is -0.131. The van der Waals surface area contributed by atoms with E-state index in [0.717, 1.165) is 25.3 Å². The smallest absolute Gasteiger partial charge is 0.410 e. The summed E-state index contributed by atoms with van der Waals surface area (Å²) in [6.07, 6.45) is 5.08. The molecule has 1 unspecified atom stereocenters. The molecule has 0 radical (unpaired) electrons. The fourth-order valence-electron chi connectivity index (χ4n) is 2.16. The molecule has 0 aliphatic carbocycles. The molecule has 6 nitrogen and oxygen atoms in total. The first kappa shape index (κ1) is 17.5. The van der Waals surface area contributed by atoms with E-state index in [2.05, 4.69) is 0 Å². The topological polar surface area (TPSA) is 76.1 Å². The third-order valence-corrected chi connectivity index (χ3v) is 3.04. The number of ether oxygens (including phenoxy) is 2. The van der Waals surface area contributed by atoms with Gasteiger partial charge >= 0.3 is 12.1 Å². The van der Waals surface area contributed by atoms with Crippen molar-refractivity contribution in [1.82, 2.24) is 4.90 Å². The molecule has 1 N–H and O–H groups in total. The number of hydrogen-bond acceptors (Lipinski definition) is 4. The van der Waals surface area contributed by atoms with Crippen molar-refractivity contribution in [3.63, 3.8) is 0 Å². The van der Waals surface area contributed by atoms with Crippen molar-refractivity contribution in [1.29, 1.82) is 0 Å². The highest BCUT2D eigenvalue weighted by molar-refractivity contribution is 5.79. The Morgan fingerprint density at radius 1 is 1.33 bits per heavy atom. The third-order valence-electron chi connectivity index (χ3n) is 3.04. The number of aliphatic carboxylic acids is 1. The van der Waals surface area contributed by atoms with Gasteiger partial charge in [0.05, 0.1) is 19.3 Å². The van der Waals surface area contributed by atoms with Crippen LogP contribution in [0, 0.1) is 0 Å². The standard InChI is InChI=1S/C15H25NO5/c1-15(2,3)21-14(19)16-9-5-4-7-12(16)11-20-10-6-8-13(17)18/h6,8,12H,4-5,7,9-11H2,1-3H3,(H,17,18)/b8-6+. The summed E-state index contributed by atoms with van der Waals surface area (Å²) in [4.78, 5) is 24.2. The zero-order valence-corrected chi connectivity index (χ0v) is 13.0. The average Bonchev–Trinajstić information content (AvgIpc) is 2.36. The molecule has 1 fully saturated rings. The van der Waals surface area contributed by atoms with E-state index in [1.54, 1.807) is 4.90 Å². The van der Waals surface area contributed by atoms with E-state index in [4.69, 9.17) is 14.6 Å². The Balaban J connectivity index is 2.45. The summed E-state index contributed by atoms with van der Waals surface area (Å²) >= 11 is 0. The molecule has 1 atom stereocenters. The first-order chi connectivity index (χ1) is 9.79. The Hall–Kier alpha value is -1.56. The van der Waals surface area contributed by atoms with Crippen LogP contribution in [0.5, 0.6) is 0 Å². The van der Waals surface area contributed by atoms with Crippen molar-refractivity contribution >= 4 is 12.1 Å². The van der Waals surface area contributed by atoms with Crippen molar-refractivity contribution in [3.05, 3.63) is 12.2 Å². The molecule has 0 spiro atoms. The first-order valence-corrected chi connectivity index (χ1v) is 7.26. The number of carbonyl (C=O) groups excluding carboxylic acids is 1. The first-order valence-electron chi connectivity index (χ1n) is 7.26. The molecule has 0 aromatic heterocycles. The van der Waals surface area contributed by atoms with E-state index < -0.39 is 11.6 Å². The van der Waals surface area contributed by atoms with Crippen molar-refractivity contribution in [3.8, 4) is 0 Å². The summed E-state index contributed by atoms with van der Waals surface area (Å²) in [5.74, 6) is -0.994. The molecule has 1 aliphatic rings. The fraction of sp³-hybridized carbons (Fsp3) is 0.733. The fourth-order valence-corrected chi connectivity index (χ4v) is 2.16. The number of rotatable bonds is 5. The number of piperidine rings is 1. The maximum Gasteiger partial charge on any atom is 0.410 e. The van der Waals surface area contributed by atoms with Crippen LogP contribution in [0.2, 0.25) is 0 Å². The van der Waals surface area contributed by atoms with Crippen LogP contribution in [-0.4, -0.2) is 53.5 Å². The van der Waals surface area contributed by atoms with Gasteiger partial charge in [-0.05, 0) is 40.0 Å². The van der Waals surface area contributed by atoms with E-state index in [1.165, 1.54) is 6.08 Å². The van der Waals surface area contributed by atoms with Crippen molar-refractivity contribution < 1.29 is 24.2 Å². The van der Waals surface area contributed by atoms with Crippen LogP contribution < -0.4 is 0 Å². The van der Waals surface area contributed by atoms with Gasteiger partial charge in [0.25, 0.3) is 0 Å². The van der Waals surface area contributed by atoms with Gasteiger partial charge in [-0.2, -0.15) is 0 Å². The molecule has 0 saturated carbocycles. The second-order valence-corrected chi connectivity index (χ2v) is 6.10. The number of carbonyl (C=O) groups is 2. The summed E-state index contributed by atoms with van der Waals surface area (Å²) in [6.45, 7) is 6.83. The van der Waals surface area contributed by atoms with Gasteiger partial charge in [0.1, 0.15) is 5.60 Å². The van der Waals surface area contributed by atoms with Crippen LogP contribution in [0.15, 0.2) is 12.2 Å². The highest BCUT2D eigenvalue weighted by Crippen LogP contribution is 2.20. The number of amides is 1. The predicted molar refractivity (Wildman–Crippen MR) is 78.2 cm³/mol. The zero-order chi connectivity index (χ0) is 15.9. The Labute approximate surface area is 125 Å². The number of carboxylic acids is 1. The molecule has 120 valence electrons. The molecular formula is C15H25NO5. The van der Waals surface area contributed by atoms with Crippen LogP contribution in [0.3, 0.4) is 0 Å². The Morgan fingerprint density at radius 3 is 2.67 bits per heavy atom. The van der Waals surface area contributed by atoms with E-state index in [9.17, 15) is 9.59 Å². The predicted octanol–water partition coefficient (Wildman–Crippen LogP) is 2.43. The van der Waals surface area contributed by atoms with Gasteiger partial charge in [-0.1, -0.05) is 6.08 Å². The number of likely N-dealkylation sites (tertiary alicyclic amines) is 1. The number of hydrogen-bond donors (Lipinski definition) is 1. The lowest BCUT2D eigenvalue weighted by atomic mass is 10.0. The molecule has 0 bridgehead atoms. The van der Waals surface area contributed by atoms with E-state index >= 15 is 0 Å². The highest BCUT2D eigenvalue weighted by atomic mass is 16.6. The van der Waals surface area contributed by atoms with Gasteiger partial charge in [-0.25, -0.2) is 9.59 Å². The van der Waals surface area contributed by atoms with Crippen molar-refractivity contribution in [2.75, 3.05) is 19.8 Å². The highest BCUT2D eigenvalue weighted by Gasteiger charge is 2.30. The van der Waals surface area contributed by atoms with Crippen LogP contribution in [0.1, 0.15) is 40.0 Å². The monoisotopic (exact) mass is 299 g/mol. The second-order valence-electron chi connectivity index (χ2n) is 6.10. The van der Waals surface area contributed by atoms with Crippen LogP contribution >= 0.6 is 0 Å². The summed E-state index contributed by atoms with van der Waals surface area (Å²) in [5, 5.41) is 8.47. The molecule has 0 aromatic rings. The molecule has 1 saturated heterocycles. The van der Waals surface area contributed by atoms with Gasteiger partial charge < -0.3 is 19.5 Å². The van der Waals surface area contributed by atoms with Crippen LogP contribution in [-0.2, 0) is 14.3 Å². The Morgan fingerprint density at radius 2 is 2.05 bits per heavy atom. The lowest BCUT2D eigenvalue weighted by Gasteiger charge is -2.36. The minimum Gasteiger partial charge on any atom is -0.478 e. The molecule has 6 heteroatoms. The number of carboxylic acid groups (broad SMARTS) is 1. The zero-order valence-electron chi connectivity index (χ0n) is 13.0. The molecule has 1 heterocycles. The molecule has 0 aromatic carbocycles. The molecule has 1 aliphatic heterocycles. The Bertz CT molecular complexity index is 386. The number of nitrogens with zero attached hydrogens (tertiary/aromatic N) is 1. The summed E-state index contributed by atoms with van der Waals surface area (Å²) in [6, 6.07) is -0.00757. The quantitative estimate of drug-likeness (QED) is 0.623. The minimum atomic E-state index is -0.994. The van der Waals surface area contributed by atoms with Gasteiger partial charge in [-0.3, -0.25) is 0 Å². The van der Waals surface area contributed by atoms with E-state index in [-0.39, 0.29) is 18.7 Å². The van der Waals surface area contributed by atoms with Crippen molar-refractivity contribution in [2.45, 2.75) is 51.7 Å². The van der Waals surface area contributed by atoms with E-state index in [0.29, 0.717) is 13.2 Å². The summed E-state index contributed by atoms with van der Waals surface area (Å²) in [7, 11) is 0. The van der Waals surface area contributed by atoms with Gasteiger partial charge in [0.2, 0.25) is 0 Å². The van der Waals surface area contributed by atoms with Gasteiger partial charge in [0, 0.05) is 12.6 Å². The maximum atomic E-state index is 12.2. The van der Waals surface area contributed by atoms with Crippen LogP contribution in [0.25, 0.3) is 0 Å². The minimum absolute atomic E-state index is 0.00757. The molecule has 1 rings (SSSR count). The SMILES string of the molecule is CC(C)(C)OC(=O)N1CCCCC1COC/C=C/C(=O)O. The normalized spacial score (nSPS) is 19.8. The summed E-state index contributed by atoms with van der Waals surface area (Å²) < 4.78 is 10.8.